The number of pyridine rings is 1. The molecule has 0 aliphatic heterocycles. The highest BCUT2D eigenvalue weighted by Crippen LogP contribution is 2.32. The summed E-state index contributed by atoms with van der Waals surface area (Å²) < 4.78 is 14.2. The Bertz CT molecular complexity index is 1170. The molecule has 4 aromatic rings. The van der Waals surface area contributed by atoms with Gasteiger partial charge in [0.2, 0.25) is 0 Å². The molecular formula is C20H12Cl2FN3OS. The van der Waals surface area contributed by atoms with Crippen molar-refractivity contribution in [1.82, 2.24) is 9.97 Å². The minimum absolute atomic E-state index is 0.234. The van der Waals surface area contributed by atoms with E-state index >= 15 is 0 Å². The van der Waals surface area contributed by atoms with Crippen molar-refractivity contribution in [2.45, 2.75) is 6.54 Å². The number of hydrogen-bond donors (Lipinski definition) is 0. The molecule has 4 nitrogen and oxygen atoms in total. The van der Waals surface area contributed by atoms with Crippen molar-refractivity contribution in [3.05, 3.63) is 87.9 Å². The van der Waals surface area contributed by atoms with Crippen LogP contribution in [0.1, 0.15) is 15.9 Å². The molecule has 0 N–H and O–H groups in total. The number of fused-ring (bicyclic) bond motifs is 1. The van der Waals surface area contributed by atoms with Gasteiger partial charge < -0.3 is 0 Å². The molecule has 0 unspecified atom stereocenters. The van der Waals surface area contributed by atoms with Crippen LogP contribution in [0.3, 0.4) is 0 Å². The largest absolute Gasteiger partial charge is 0.279 e. The number of carbonyl (C=O) groups is 1. The zero-order valence-corrected chi connectivity index (χ0v) is 16.6. The molecule has 0 fully saturated rings. The van der Waals surface area contributed by atoms with E-state index in [0.717, 1.165) is 5.56 Å². The van der Waals surface area contributed by atoms with E-state index in [1.54, 1.807) is 36.7 Å². The van der Waals surface area contributed by atoms with E-state index in [1.165, 1.54) is 34.4 Å². The smallest absolute Gasteiger partial charge is 0.261 e. The lowest BCUT2D eigenvalue weighted by Crippen LogP contribution is -2.30. The minimum atomic E-state index is -0.356. The summed E-state index contributed by atoms with van der Waals surface area (Å²) in [4.78, 5) is 23.4. The first kappa shape index (κ1) is 18.8. The lowest BCUT2D eigenvalue weighted by Gasteiger charge is -2.20. The molecule has 8 heteroatoms. The molecule has 140 valence electrons. The van der Waals surface area contributed by atoms with Crippen molar-refractivity contribution in [3.63, 3.8) is 0 Å². The summed E-state index contributed by atoms with van der Waals surface area (Å²) in [6.07, 6.45) is 3.33. The van der Waals surface area contributed by atoms with Crippen molar-refractivity contribution in [1.29, 1.82) is 0 Å². The molecule has 0 aliphatic carbocycles. The third-order valence-electron chi connectivity index (χ3n) is 4.04. The van der Waals surface area contributed by atoms with E-state index in [9.17, 15) is 9.18 Å². The van der Waals surface area contributed by atoms with Gasteiger partial charge in [-0.3, -0.25) is 14.7 Å². The summed E-state index contributed by atoms with van der Waals surface area (Å²) in [5.74, 6) is -0.707. The standard InChI is InChI=1S/C20H12Cl2FN3OS/c21-13-3-5-16(22)15(8-13)19(27)26(11-12-2-1-7-24-10-12)20-25-17-6-4-14(23)9-18(17)28-20/h1-10H,11H2. The van der Waals surface area contributed by atoms with Gasteiger partial charge in [-0.1, -0.05) is 40.6 Å². The normalized spacial score (nSPS) is 11.0. The third-order valence-corrected chi connectivity index (χ3v) is 5.64. The predicted molar refractivity (Wildman–Crippen MR) is 111 cm³/mol. The molecule has 0 bridgehead atoms. The number of rotatable bonds is 4. The van der Waals surface area contributed by atoms with Gasteiger partial charge in [0.1, 0.15) is 5.82 Å². The topological polar surface area (TPSA) is 46.1 Å². The highest BCUT2D eigenvalue weighted by Gasteiger charge is 2.24. The Labute approximate surface area is 174 Å². The van der Waals surface area contributed by atoms with Crippen LogP contribution >= 0.6 is 34.5 Å². The highest BCUT2D eigenvalue weighted by atomic mass is 35.5. The lowest BCUT2D eigenvalue weighted by atomic mass is 10.2. The predicted octanol–water partition coefficient (Wildman–Crippen LogP) is 5.98. The van der Waals surface area contributed by atoms with Crippen molar-refractivity contribution >= 4 is 55.8 Å². The second-order valence-corrected chi connectivity index (χ2v) is 7.84. The molecule has 0 aliphatic rings. The van der Waals surface area contributed by atoms with E-state index < -0.39 is 0 Å². The molecule has 0 saturated carbocycles. The van der Waals surface area contributed by atoms with Crippen molar-refractivity contribution in [2.24, 2.45) is 0 Å². The number of thiazole rings is 1. The highest BCUT2D eigenvalue weighted by molar-refractivity contribution is 7.22. The van der Waals surface area contributed by atoms with Crippen molar-refractivity contribution in [2.75, 3.05) is 4.90 Å². The average molecular weight is 432 g/mol. The first-order valence-electron chi connectivity index (χ1n) is 8.23. The molecule has 1 amide bonds. The molecular weight excluding hydrogens is 420 g/mol. The molecule has 0 radical (unpaired) electrons. The second kappa shape index (κ2) is 7.83. The Morgan fingerprint density at radius 3 is 2.79 bits per heavy atom. The first-order chi connectivity index (χ1) is 13.5. The summed E-state index contributed by atoms with van der Waals surface area (Å²) in [5.41, 5.74) is 1.70. The van der Waals surface area contributed by atoms with Crippen LogP contribution in [-0.4, -0.2) is 15.9 Å². The van der Waals surface area contributed by atoms with E-state index in [-0.39, 0.29) is 28.9 Å². The zero-order valence-electron chi connectivity index (χ0n) is 14.3. The van der Waals surface area contributed by atoms with E-state index in [2.05, 4.69) is 9.97 Å². The number of halogens is 3. The number of nitrogens with zero attached hydrogens (tertiary/aromatic N) is 3. The zero-order chi connectivity index (χ0) is 19.7. The summed E-state index contributed by atoms with van der Waals surface area (Å²) >= 11 is 13.5. The molecule has 2 aromatic heterocycles. The lowest BCUT2D eigenvalue weighted by molar-refractivity contribution is 0.0985. The first-order valence-corrected chi connectivity index (χ1v) is 9.80. The van der Waals surface area contributed by atoms with E-state index in [1.807, 2.05) is 6.07 Å². The monoisotopic (exact) mass is 431 g/mol. The quantitative estimate of drug-likeness (QED) is 0.398. The Morgan fingerprint density at radius 1 is 1.14 bits per heavy atom. The second-order valence-electron chi connectivity index (χ2n) is 5.99. The SMILES string of the molecule is O=C(c1cc(Cl)ccc1Cl)N(Cc1cccnc1)c1nc2ccc(F)cc2s1. The Kier molecular flexibility index (Phi) is 5.26. The molecule has 0 atom stereocenters. The maximum absolute atomic E-state index is 13.6. The number of benzene rings is 2. The van der Waals surface area contributed by atoms with Crippen LogP contribution in [-0.2, 0) is 6.54 Å². The molecule has 4 rings (SSSR count). The number of aromatic nitrogens is 2. The number of amides is 1. The average Bonchev–Trinajstić information content (AvgIpc) is 3.11. The Hall–Kier alpha value is -2.54. The van der Waals surface area contributed by atoms with Gasteiger partial charge in [-0.25, -0.2) is 9.37 Å². The van der Waals surface area contributed by atoms with Crippen LogP contribution in [0, 0.1) is 5.82 Å². The van der Waals surface area contributed by atoms with Gasteiger partial charge >= 0.3 is 0 Å². The Balaban J connectivity index is 1.80. The van der Waals surface area contributed by atoms with Crippen molar-refractivity contribution < 1.29 is 9.18 Å². The summed E-state index contributed by atoms with van der Waals surface area (Å²) in [5, 5.41) is 1.13. The minimum Gasteiger partial charge on any atom is -0.279 e. The molecule has 0 saturated heterocycles. The molecule has 28 heavy (non-hydrogen) atoms. The number of anilines is 1. The maximum Gasteiger partial charge on any atom is 0.261 e. The van der Waals surface area contributed by atoms with Crippen LogP contribution < -0.4 is 4.90 Å². The maximum atomic E-state index is 13.6. The fourth-order valence-electron chi connectivity index (χ4n) is 2.71. The van der Waals surface area contributed by atoms with Crippen molar-refractivity contribution in [3.8, 4) is 0 Å². The summed E-state index contributed by atoms with van der Waals surface area (Å²) in [6.45, 7) is 0.234. The molecule has 2 heterocycles. The molecule has 2 aromatic carbocycles. The van der Waals surface area contributed by atoms with E-state index in [4.69, 9.17) is 23.2 Å². The number of hydrogen-bond acceptors (Lipinski definition) is 4. The Morgan fingerprint density at radius 2 is 2.00 bits per heavy atom. The van der Waals surface area contributed by atoms with Crippen LogP contribution in [0.25, 0.3) is 10.2 Å². The molecule has 0 spiro atoms. The van der Waals surface area contributed by atoms with Crippen LogP contribution in [0.5, 0.6) is 0 Å². The van der Waals surface area contributed by atoms with Crippen LogP contribution in [0.2, 0.25) is 10.0 Å². The van der Waals surface area contributed by atoms with Gasteiger partial charge in [-0.15, -0.1) is 0 Å². The van der Waals surface area contributed by atoms with Gasteiger partial charge in [0, 0.05) is 17.4 Å². The van der Waals surface area contributed by atoms with Gasteiger partial charge in [-0.05, 0) is 48.0 Å². The fraction of sp³-hybridized carbons (Fsp3) is 0.0500. The van der Waals surface area contributed by atoms with Gasteiger partial charge in [0.05, 0.1) is 27.3 Å². The van der Waals surface area contributed by atoms with Crippen LogP contribution in [0.4, 0.5) is 9.52 Å². The van der Waals surface area contributed by atoms with E-state index in [0.29, 0.717) is 20.4 Å². The van der Waals surface area contributed by atoms with Gasteiger partial charge in [0.15, 0.2) is 5.13 Å². The third kappa shape index (κ3) is 3.85. The van der Waals surface area contributed by atoms with Gasteiger partial charge in [0.25, 0.3) is 5.91 Å². The van der Waals surface area contributed by atoms with Gasteiger partial charge in [-0.2, -0.15) is 0 Å². The summed E-state index contributed by atoms with van der Waals surface area (Å²) in [7, 11) is 0. The summed E-state index contributed by atoms with van der Waals surface area (Å²) in [6, 6.07) is 12.7. The fourth-order valence-corrected chi connectivity index (χ4v) is 4.07. The number of carbonyl (C=O) groups excluding carboxylic acids is 1. The van der Waals surface area contributed by atoms with Crippen LogP contribution in [0.15, 0.2) is 60.9 Å².